The summed E-state index contributed by atoms with van der Waals surface area (Å²) < 4.78 is 0. The van der Waals surface area contributed by atoms with Gasteiger partial charge < -0.3 is 10.6 Å². The Labute approximate surface area is 122 Å². The van der Waals surface area contributed by atoms with Crippen molar-refractivity contribution < 1.29 is 0 Å². The molecule has 1 saturated heterocycles. The SMILES string of the molecule is Cc1nc(C)c(-c2nc(N3CCCC(N)C3C)n[nH]2)s1. The maximum Gasteiger partial charge on any atom is 0.245 e. The molecule has 108 valence electrons. The molecule has 0 aliphatic carbocycles. The molecule has 2 atom stereocenters. The second-order valence-electron chi connectivity index (χ2n) is 5.37. The highest BCUT2D eigenvalue weighted by atomic mass is 32.1. The molecule has 20 heavy (non-hydrogen) atoms. The quantitative estimate of drug-likeness (QED) is 0.882. The predicted molar refractivity (Wildman–Crippen MR) is 81.0 cm³/mol. The van der Waals surface area contributed by atoms with Crippen LogP contribution in [0.5, 0.6) is 0 Å². The molecular formula is C13H20N6S. The summed E-state index contributed by atoms with van der Waals surface area (Å²) in [4.78, 5) is 12.3. The van der Waals surface area contributed by atoms with E-state index in [1.165, 1.54) is 0 Å². The highest BCUT2D eigenvalue weighted by molar-refractivity contribution is 7.15. The van der Waals surface area contributed by atoms with Gasteiger partial charge in [-0.25, -0.2) is 4.98 Å². The summed E-state index contributed by atoms with van der Waals surface area (Å²) in [6.45, 7) is 7.11. The average Bonchev–Trinajstić information content (AvgIpc) is 2.99. The van der Waals surface area contributed by atoms with Crippen LogP contribution in [0.2, 0.25) is 0 Å². The summed E-state index contributed by atoms with van der Waals surface area (Å²) in [5, 5.41) is 8.45. The van der Waals surface area contributed by atoms with Crippen LogP contribution >= 0.6 is 11.3 Å². The number of H-pyrrole nitrogens is 1. The van der Waals surface area contributed by atoms with E-state index in [4.69, 9.17) is 5.73 Å². The summed E-state index contributed by atoms with van der Waals surface area (Å²) in [6, 6.07) is 0.467. The zero-order chi connectivity index (χ0) is 14.3. The number of aromatic nitrogens is 4. The minimum atomic E-state index is 0.193. The lowest BCUT2D eigenvalue weighted by molar-refractivity contribution is 0.416. The normalized spacial score (nSPS) is 23.3. The van der Waals surface area contributed by atoms with Crippen LogP contribution in [0.1, 0.15) is 30.5 Å². The van der Waals surface area contributed by atoms with Gasteiger partial charge in [-0.2, -0.15) is 4.98 Å². The lowest BCUT2D eigenvalue weighted by Crippen LogP contribution is -2.50. The van der Waals surface area contributed by atoms with E-state index >= 15 is 0 Å². The van der Waals surface area contributed by atoms with E-state index in [0.29, 0.717) is 0 Å². The fourth-order valence-electron chi connectivity index (χ4n) is 2.69. The second kappa shape index (κ2) is 5.14. The molecule has 3 N–H and O–H groups in total. The van der Waals surface area contributed by atoms with E-state index < -0.39 is 0 Å². The van der Waals surface area contributed by atoms with Crippen LogP contribution in [0.25, 0.3) is 10.7 Å². The molecule has 0 saturated carbocycles. The van der Waals surface area contributed by atoms with Crippen molar-refractivity contribution in [3.05, 3.63) is 10.7 Å². The van der Waals surface area contributed by atoms with Crippen LogP contribution in [0, 0.1) is 13.8 Å². The van der Waals surface area contributed by atoms with Crippen molar-refractivity contribution in [1.82, 2.24) is 20.2 Å². The molecule has 0 bridgehead atoms. The van der Waals surface area contributed by atoms with Crippen LogP contribution in [0.15, 0.2) is 0 Å². The van der Waals surface area contributed by atoms with Crippen LogP contribution in [0.4, 0.5) is 5.95 Å². The Kier molecular flexibility index (Phi) is 3.47. The third-order valence-corrected chi connectivity index (χ3v) is 4.98. The van der Waals surface area contributed by atoms with E-state index in [9.17, 15) is 0 Å². The number of thiazole rings is 1. The molecule has 3 heterocycles. The molecule has 0 radical (unpaired) electrons. The summed E-state index contributed by atoms with van der Waals surface area (Å²) >= 11 is 1.64. The Morgan fingerprint density at radius 3 is 2.85 bits per heavy atom. The number of nitrogens with zero attached hydrogens (tertiary/aromatic N) is 4. The lowest BCUT2D eigenvalue weighted by atomic mass is 9.99. The number of rotatable bonds is 2. The maximum atomic E-state index is 6.14. The Hall–Kier alpha value is -1.47. The van der Waals surface area contributed by atoms with E-state index in [1.807, 2.05) is 13.8 Å². The first kappa shape index (κ1) is 13.5. The third kappa shape index (κ3) is 2.31. The molecule has 0 aromatic carbocycles. The maximum absolute atomic E-state index is 6.14. The van der Waals surface area contributed by atoms with Gasteiger partial charge in [0, 0.05) is 18.6 Å². The van der Waals surface area contributed by atoms with Crippen molar-refractivity contribution in [3.8, 4) is 10.7 Å². The zero-order valence-electron chi connectivity index (χ0n) is 12.1. The van der Waals surface area contributed by atoms with Gasteiger partial charge in [0.1, 0.15) is 0 Å². The molecule has 1 aliphatic rings. The van der Waals surface area contributed by atoms with Gasteiger partial charge in [-0.05, 0) is 33.6 Å². The monoisotopic (exact) mass is 292 g/mol. The smallest absolute Gasteiger partial charge is 0.245 e. The van der Waals surface area contributed by atoms with Gasteiger partial charge in [-0.3, -0.25) is 5.10 Å². The molecule has 7 heteroatoms. The molecule has 6 nitrogen and oxygen atoms in total. The summed E-state index contributed by atoms with van der Waals surface area (Å²) in [5.41, 5.74) is 7.13. The molecule has 2 unspecified atom stereocenters. The number of hydrogen-bond acceptors (Lipinski definition) is 6. The van der Waals surface area contributed by atoms with Crippen molar-refractivity contribution >= 4 is 17.3 Å². The van der Waals surface area contributed by atoms with Gasteiger partial charge in [0.25, 0.3) is 0 Å². The Morgan fingerprint density at radius 2 is 2.15 bits per heavy atom. The zero-order valence-corrected chi connectivity index (χ0v) is 12.9. The number of hydrogen-bond donors (Lipinski definition) is 2. The molecule has 1 aliphatic heterocycles. The number of piperidine rings is 1. The van der Waals surface area contributed by atoms with E-state index in [2.05, 4.69) is 32.0 Å². The molecule has 0 amide bonds. The van der Waals surface area contributed by atoms with E-state index in [0.717, 1.165) is 46.7 Å². The molecule has 2 aromatic rings. The average molecular weight is 292 g/mol. The van der Waals surface area contributed by atoms with Gasteiger partial charge in [0.15, 0.2) is 5.82 Å². The predicted octanol–water partition coefficient (Wildman–Crippen LogP) is 1.86. The highest BCUT2D eigenvalue weighted by Gasteiger charge is 2.28. The van der Waals surface area contributed by atoms with Crippen molar-refractivity contribution in [3.63, 3.8) is 0 Å². The molecule has 0 spiro atoms. The fourth-order valence-corrected chi connectivity index (χ4v) is 3.55. The second-order valence-corrected chi connectivity index (χ2v) is 6.57. The van der Waals surface area contributed by atoms with Gasteiger partial charge in [-0.1, -0.05) is 0 Å². The number of nitrogens with two attached hydrogens (primary N) is 1. The number of anilines is 1. The lowest BCUT2D eigenvalue weighted by Gasteiger charge is -2.36. The van der Waals surface area contributed by atoms with Crippen molar-refractivity contribution in [1.29, 1.82) is 0 Å². The first-order valence-electron chi connectivity index (χ1n) is 6.95. The minimum absolute atomic E-state index is 0.193. The van der Waals surface area contributed by atoms with Crippen LogP contribution in [-0.2, 0) is 0 Å². The van der Waals surface area contributed by atoms with Crippen LogP contribution < -0.4 is 10.6 Å². The minimum Gasteiger partial charge on any atom is -0.335 e. The van der Waals surface area contributed by atoms with Gasteiger partial charge >= 0.3 is 0 Å². The van der Waals surface area contributed by atoms with Gasteiger partial charge in [0.05, 0.1) is 15.6 Å². The number of aryl methyl sites for hydroxylation is 2. The Morgan fingerprint density at radius 1 is 1.35 bits per heavy atom. The van der Waals surface area contributed by atoms with E-state index in [1.54, 1.807) is 11.3 Å². The number of nitrogens with one attached hydrogen (secondary N) is 1. The molecule has 3 rings (SSSR count). The standard InChI is InChI=1S/C13H20N6S/c1-7-11(20-9(3)15-7)12-16-13(18-17-12)19-6-4-5-10(14)8(19)2/h8,10H,4-6,14H2,1-3H3,(H,16,17,18). The topological polar surface area (TPSA) is 83.7 Å². The highest BCUT2D eigenvalue weighted by Crippen LogP contribution is 2.29. The molecule has 2 aromatic heterocycles. The van der Waals surface area contributed by atoms with Crippen LogP contribution in [-0.4, -0.2) is 38.8 Å². The van der Waals surface area contributed by atoms with E-state index in [-0.39, 0.29) is 12.1 Å². The first-order valence-corrected chi connectivity index (χ1v) is 7.77. The van der Waals surface area contributed by atoms with Gasteiger partial charge in [-0.15, -0.1) is 16.4 Å². The first-order chi connectivity index (χ1) is 9.56. The van der Waals surface area contributed by atoms with Crippen LogP contribution in [0.3, 0.4) is 0 Å². The largest absolute Gasteiger partial charge is 0.335 e. The summed E-state index contributed by atoms with van der Waals surface area (Å²) in [7, 11) is 0. The van der Waals surface area contributed by atoms with Crippen molar-refractivity contribution in [2.75, 3.05) is 11.4 Å². The molecular weight excluding hydrogens is 272 g/mol. The summed E-state index contributed by atoms with van der Waals surface area (Å²) in [5.74, 6) is 1.54. The third-order valence-electron chi connectivity index (χ3n) is 3.90. The Balaban J connectivity index is 1.88. The number of aromatic amines is 1. The molecule has 1 fully saturated rings. The van der Waals surface area contributed by atoms with Crippen molar-refractivity contribution in [2.24, 2.45) is 5.73 Å². The summed E-state index contributed by atoms with van der Waals surface area (Å²) in [6.07, 6.45) is 2.16. The van der Waals surface area contributed by atoms with Gasteiger partial charge in [0.2, 0.25) is 5.95 Å². The Bertz CT molecular complexity index is 604. The fraction of sp³-hybridized carbons (Fsp3) is 0.615. The van der Waals surface area contributed by atoms with Crippen molar-refractivity contribution in [2.45, 2.75) is 45.7 Å².